The molecule has 1 heterocycles. The third-order valence-electron chi connectivity index (χ3n) is 4.93. The first-order valence-electron chi connectivity index (χ1n) is 9.07. The Bertz CT molecular complexity index is 1030. The van der Waals surface area contributed by atoms with E-state index in [1.54, 1.807) is 19.1 Å². The van der Waals surface area contributed by atoms with Crippen LogP contribution in [-0.4, -0.2) is 25.8 Å². The molecule has 1 fully saturated rings. The maximum Gasteiger partial charge on any atom is 0.274 e. The summed E-state index contributed by atoms with van der Waals surface area (Å²) in [7, 11) is 0. The third kappa shape index (κ3) is 3.48. The summed E-state index contributed by atoms with van der Waals surface area (Å²) < 4.78 is 1.44. The minimum atomic E-state index is -0.469. The summed E-state index contributed by atoms with van der Waals surface area (Å²) in [5.41, 5.74) is 2.26. The number of carbonyl (C=O) groups excluding carboxylic acids is 1. The molecule has 1 saturated carbocycles. The van der Waals surface area contributed by atoms with Gasteiger partial charge in [0.2, 0.25) is 0 Å². The summed E-state index contributed by atoms with van der Waals surface area (Å²) in [6.07, 6.45) is 2.17. The van der Waals surface area contributed by atoms with Crippen molar-refractivity contribution in [3.05, 3.63) is 81.7 Å². The topological polar surface area (TPSA) is 103 Å². The van der Waals surface area contributed by atoms with Crippen molar-refractivity contribution in [2.24, 2.45) is 5.92 Å². The van der Waals surface area contributed by atoms with Crippen molar-refractivity contribution in [2.45, 2.75) is 25.8 Å². The summed E-state index contributed by atoms with van der Waals surface area (Å²) in [5, 5.41) is 22.1. The number of nitrogens with one attached hydrogen (secondary N) is 1. The van der Waals surface area contributed by atoms with Gasteiger partial charge in [0.05, 0.1) is 22.3 Å². The SMILES string of the molecule is Cc1c(C(=O)NC(c2ccccc2)C2CC2)nnn1-c1cccc([N+](=O)[O-])c1. The molecule has 28 heavy (non-hydrogen) atoms. The number of nitrogens with zero attached hydrogens (tertiary/aromatic N) is 4. The second kappa shape index (κ2) is 7.22. The van der Waals surface area contributed by atoms with E-state index < -0.39 is 4.92 Å². The van der Waals surface area contributed by atoms with Gasteiger partial charge >= 0.3 is 0 Å². The first-order valence-corrected chi connectivity index (χ1v) is 9.07. The number of non-ortho nitro benzene ring substituents is 1. The fourth-order valence-electron chi connectivity index (χ4n) is 3.30. The predicted octanol–water partition coefficient (Wildman–Crippen LogP) is 3.37. The van der Waals surface area contributed by atoms with Crippen molar-refractivity contribution in [1.82, 2.24) is 20.3 Å². The Hall–Kier alpha value is -3.55. The van der Waals surface area contributed by atoms with Gasteiger partial charge in [0, 0.05) is 12.1 Å². The molecular formula is C20H19N5O3. The summed E-state index contributed by atoms with van der Waals surface area (Å²) in [6.45, 7) is 1.72. The van der Waals surface area contributed by atoms with Crippen LogP contribution in [-0.2, 0) is 0 Å². The molecule has 8 nitrogen and oxygen atoms in total. The molecule has 2 aromatic carbocycles. The molecule has 1 aliphatic carbocycles. The van der Waals surface area contributed by atoms with Crippen molar-refractivity contribution in [3.63, 3.8) is 0 Å². The molecule has 1 aromatic heterocycles. The first-order chi connectivity index (χ1) is 13.5. The van der Waals surface area contributed by atoms with Gasteiger partial charge in [-0.05, 0) is 37.3 Å². The van der Waals surface area contributed by atoms with Crippen LogP contribution >= 0.6 is 0 Å². The Balaban J connectivity index is 1.59. The van der Waals surface area contributed by atoms with Crippen molar-refractivity contribution in [2.75, 3.05) is 0 Å². The molecule has 8 heteroatoms. The van der Waals surface area contributed by atoms with Crippen LogP contribution < -0.4 is 5.32 Å². The largest absolute Gasteiger partial charge is 0.343 e. The molecule has 1 N–H and O–H groups in total. The van der Waals surface area contributed by atoms with Crippen molar-refractivity contribution in [1.29, 1.82) is 0 Å². The summed E-state index contributed by atoms with van der Waals surface area (Å²) in [4.78, 5) is 23.4. The molecule has 0 aliphatic heterocycles. The number of hydrogen-bond acceptors (Lipinski definition) is 5. The van der Waals surface area contributed by atoms with Gasteiger partial charge in [0.25, 0.3) is 11.6 Å². The molecule has 0 spiro atoms. The van der Waals surface area contributed by atoms with Gasteiger partial charge < -0.3 is 5.32 Å². The number of nitro benzene ring substituents is 1. The number of amides is 1. The Morgan fingerprint density at radius 1 is 1.21 bits per heavy atom. The second-order valence-electron chi connectivity index (χ2n) is 6.91. The summed E-state index contributed by atoms with van der Waals surface area (Å²) in [5.74, 6) is 0.133. The Morgan fingerprint density at radius 2 is 1.96 bits per heavy atom. The highest BCUT2D eigenvalue weighted by atomic mass is 16.6. The fourth-order valence-corrected chi connectivity index (χ4v) is 3.30. The lowest BCUT2D eigenvalue weighted by Crippen LogP contribution is -2.30. The minimum absolute atomic E-state index is 0.0451. The van der Waals surface area contributed by atoms with Crippen LogP contribution in [0.5, 0.6) is 0 Å². The Labute approximate surface area is 161 Å². The normalized spacial score (nSPS) is 14.5. The van der Waals surface area contributed by atoms with E-state index in [-0.39, 0.29) is 23.3 Å². The Morgan fingerprint density at radius 3 is 2.64 bits per heavy atom. The lowest BCUT2D eigenvalue weighted by Gasteiger charge is -2.18. The van der Waals surface area contributed by atoms with Gasteiger partial charge in [-0.2, -0.15) is 0 Å². The first kappa shape index (κ1) is 17.8. The van der Waals surface area contributed by atoms with Crippen molar-refractivity contribution < 1.29 is 9.72 Å². The molecule has 1 aliphatic rings. The molecule has 3 aromatic rings. The van der Waals surface area contributed by atoms with Crippen molar-refractivity contribution in [3.8, 4) is 5.69 Å². The number of benzene rings is 2. The average molecular weight is 377 g/mol. The zero-order chi connectivity index (χ0) is 19.7. The molecule has 1 atom stereocenters. The zero-order valence-corrected chi connectivity index (χ0v) is 15.3. The van der Waals surface area contributed by atoms with Crippen LogP contribution in [0.2, 0.25) is 0 Å². The van der Waals surface area contributed by atoms with E-state index in [1.165, 1.54) is 16.8 Å². The number of nitro groups is 1. The van der Waals surface area contributed by atoms with Crippen molar-refractivity contribution >= 4 is 11.6 Å². The highest BCUT2D eigenvalue weighted by molar-refractivity contribution is 5.93. The van der Waals surface area contributed by atoms with Gasteiger partial charge in [0.1, 0.15) is 0 Å². The van der Waals surface area contributed by atoms with E-state index in [2.05, 4.69) is 15.6 Å². The van der Waals surface area contributed by atoms with Crippen LogP contribution in [0.4, 0.5) is 5.69 Å². The lowest BCUT2D eigenvalue weighted by molar-refractivity contribution is -0.384. The quantitative estimate of drug-likeness (QED) is 0.524. The fraction of sp³-hybridized carbons (Fsp3) is 0.250. The van der Waals surface area contributed by atoms with Crippen LogP contribution in [0.25, 0.3) is 5.69 Å². The second-order valence-corrected chi connectivity index (χ2v) is 6.91. The van der Waals surface area contributed by atoms with Gasteiger partial charge in [-0.15, -0.1) is 5.10 Å². The van der Waals surface area contributed by atoms with Crippen LogP contribution in [0, 0.1) is 23.0 Å². The van der Waals surface area contributed by atoms with Gasteiger partial charge in [-0.3, -0.25) is 14.9 Å². The Kier molecular flexibility index (Phi) is 4.60. The monoisotopic (exact) mass is 377 g/mol. The molecule has 0 radical (unpaired) electrons. The van der Waals surface area contributed by atoms with Crippen LogP contribution in [0.3, 0.4) is 0 Å². The number of hydrogen-bond donors (Lipinski definition) is 1. The predicted molar refractivity (Wildman–Crippen MR) is 102 cm³/mol. The van der Waals surface area contributed by atoms with E-state index >= 15 is 0 Å². The standard InChI is InChI=1S/C20H19N5O3/c1-13-18(22-23-24(13)16-8-5-9-17(12-16)25(27)28)20(26)21-19(15-10-11-15)14-6-3-2-4-7-14/h2-9,12,15,19H,10-11H2,1H3,(H,21,26). The van der Waals surface area contributed by atoms with E-state index in [9.17, 15) is 14.9 Å². The molecule has 4 rings (SSSR count). The maximum atomic E-state index is 12.9. The minimum Gasteiger partial charge on any atom is -0.343 e. The highest BCUT2D eigenvalue weighted by Crippen LogP contribution is 2.41. The van der Waals surface area contributed by atoms with Crippen LogP contribution in [0.1, 0.15) is 40.6 Å². The molecular weight excluding hydrogens is 358 g/mol. The van der Waals surface area contributed by atoms with Gasteiger partial charge in [0.15, 0.2) is 5.69 Å². The summed E-state index contributed by atoms with van der Waals surface area (Å²) >= 11 is 0. The van der Waals surface area contributed by atoms with E-state index in [0.29, 0.717) is 17.3 Å². The number of rotatable bonds is 6. The maximum absolute atomic E-state index is 12.9. The molecule has 1 unspecified atom stereocenters. The zero-order valence-electron chi connectivity index (χ0n) is 15.3. The van der Waals surface area contributed by atoms with E-state index in [0.717, 1.165) is 18.4 Å². The van der Waals surface area contributed by atoms with Gasteiger partial charge in [-0.25, -0.2) is 4.68 Å². The molecule has 142 valence electrons. The highest BCUT2D eigenvalue weighted by Gasteiger charge is 2.34. The lowest BCUT2D eigenvalue weighted by atomic mass is 10.0. The smallest absolute Gasteiger partial charge is 0.274 e. The summed E-state index contributed by atoms with van der Waals surface area (Å²) in [6, 6.07) is 15.9. The van der Waals surface area contributed by atoms with E-state index in [4.69, 9.17) is 0 Å². The third-order valence-corrected chi connectivity index (χ3v) is 4.93. The molecule has 1 amide bonds. The number of carbonyl (C=O) groups is 1. The number of aromatic nitrogens is 3. The van der Waals surface area contributed by atoms with Gasteiger partial charge in [-0.1, -0.05) is 41.6 Å². The molecule has 0 saturated heterocycles. The molecule has 0 bridgehead atoms. The van der Waals surface area contributed by atoms with Crippen LogP contribution in [0.15, 0.2) is 54.6 Å². The van der Waals surface area contributed by atoms with E-state index in [1.807, 2.05) is 30.3 Å². The average Bonchev–Trinajstić information content (AvgIpc) is 3.48.